The molecule has 0 saturated heterocycles. The van der Waals surface area contributed by atoms with Crippen molar-refractivity contribution in [1.82, 2.24) is 4.57 Å². The molecule has 1 aliphatic rings. The summed E-state index contributed by atoms with van der Waals surface area (Å²) in [5.41, 5.74) is 1.76. The minimum atomic E-state index is -0.828. The molecule has 1 aromatic heterocycles. The fraction of sp³-hybridized carbons (Fsp3) is 0.286. The average molecular weight is 537 g/mol. The van der Waals surface area contributed by atoms with Gasteiger partial charge in [-0.25, -0.2) is 9.79 Å². The molecular formula is C28H28N2O7S. The first kappa shape index (κ1) is 26.9. The largest absolute Gasteiger partial charge is 0.494 e. The Hall–Kier alpha value is -4.18. The summed E-state index contributed by atoms with van der Waals surface area (Å²) >= 11 is 1.23. The molecule has 0 fully saturated rings. The molecular weight excluding hydrogens is 508 g/mol. The summed E-state index contributed by atoms with van der Waals surface area (Å²) in [4.78, 5) is 43.1. The Balaban J connectivity index is 1.86. The first-order chi connectivity index (χ1) is 18.3. The Morgan fingerprint density at radius 2 is 1.84 bits per heavy atom. The highest BCUT2D eigenvalue weighted by molar-refractivity contribution is 7.07. The van der Waals surface area contributed by atoms with Crippen LogP contribution in [0.3, 0.4) is 0 Å². The second-order valence-electron chi connectivity index (χ2n) is 8.49. The van der Waals surface area contributed by atoms with Crippen molar-refractivity contribution < 1.29 is 28.5 Å². The zero-order valence-electron chi connectivity index (χ0n) is 21.8. The number of esters is 2. The number of hydrogen-bond donors (Lipinski definition) is 0. The second kappa shape index (κ2) is 11.5. The zero-order chi connectivity index (χ0) is 27.4. The number of carbonyl (C=O) groups excluding carboxylic acids is 2. The molecule has 38 heavy (non-hydrogen) atoms. The molecule has 0 aliphatic carbocycles. The molecule has 1 aliphatic heterocycles. The molecule has 0 amide bonds. The summed E-state index contributed by atoms with van der Waals surface area (Å²) in [6.07, 6.45) is 2.70. The van der Waals surface area contributed by atoms with E-state index >= 15 is 0 Å². The van der Waals surface area contributed by atoms with Crippen molar-refractivity contribution in [2.45, 2.75) is 33.2 Å². The number of aromatic nitrogens is 1. The number of rotatable bonds is 8. The van der Waals surface area contributed by atoms with Crippen molar-refractivity contribution in [3.05, 3.63) is 84.5 Å². The summed E-state index contributed by atoms with van der Waals surface area (Å²) < 4.78 is 23.3. The van der Waals surface area contributed by atoms with Gasteiger partial charge in [0.25, 0.3) is 5.56 Å². The fourth-order valence-corrected chi connectivity index (χ4v) is 5.18. The number of fused-ring (bicyclic) bond motifs is 1. The molecule has 2 heterocycles. The minimum Gasteiger partial charge on any atom is -0.494 e. The van der Waals surface area contributed by atoms with Gasteiger partial charge in [-0.15, -0.1) is 0 Å². The molecule has 1 unspecified atom stereocenters. The van der Waals surface area contributed by atoms with Crippen molar-refractivity contribution >= 4 is 29.4 Å². The first-order valence-corrected chi connectivity index (χ1v) is 12.8. The third-order valence-electron chi connectivity index (χ3n) is 5.83. The number of benzene rings is 2. The molecule has 0 radical (unpaired) electrons. The molecule has 0 spiro atoms. The van der Waals surface area contributed by atoms with Crippen LogP contribution in [0, 0.1) is 0 Å². The molecule has 0 bridgehead atoms. The zero-order valence-corrected chi connectivity index (χ0v) is 22.6. The lowest BCUT2D eigenvalue weighted by Crippen LogP contribution is -2.39. The Kier molecular flexibility index (Phi) is 8.11. The van der Waals surface area contributed by atoms with Crippen LogP contribution in [0.1, 0.15) is 44.4 Å². The number of ether oxygens (including phenoxy) is 4. The molecule has 10 heteroatoms. The van der Waals surface area contributed by atoms with Crippen LogP contribution >= 0.6 is 11.3 Å². The van der Waals surface area contributed by atoms with Crippen LogP contribution < -0.4 is 29.1 Å². The van der Waals surface area contributed by atoms with Crippen molar-refractivity contribution in [3.63, 3.8) is 0 Å². The number of thiazole rings is 1. The van der Waals surface area contributed by atoms with E-state index in [4.69, 9.17) is 18.9 Å². The summed E-state index contributed by atoms with van der Waals surface area (Å²) in [5.74, 6) is 0.165. The minimum absolute atomic E-state index is 0.225. The number of nitrogens with zero attached hydrogens (tertiary/aromatic N) is 2. The normalized spacial score (nSPS) is 15.0. The van der Waals surface area contributed by atoms with Crippen molar-refractivity contribution in [3.8, 4) is 17.2 Å². The van der Waals surface area contributed by atoms with Crippen LogP contribution in [-0.4, -0.2) is 37.3 Å². The molecule has 0 saturated carbocycles. The predicted molar refractivity (Wildman–Crippen MR) is 142 cm³/mol. The first-order valence-electron chi connectivity index (χ1n) is 12.0. The van der Waals surface area contributed by atoms with Crippen LogP contribution in [0.15, 0.2) is 63.5 Å². The van der Waals surface area contributed by atoms with Crippen LogP contribution in [0.25, 0.3) is 6.08 Å². The average Bonchev–Trinajstić information content (AvgIpc) is 3.21. The van der Waals surface area contributed by atoms with Crippen LogP contribution in [0.5, 0.6) is 17.2 Å². The van der Waals surface area contributed by atoms with E-state index < -0.39 is 18.0 Å². The van der Waals surface area contributed by atoms with E-state index in [0.717, 1.165) is 17.7 Å². The highest BCUT2D eigenvalue weighted by atomic mass is 32.1. The quantitative estimate of drug-likeness (QED) is 0.322. The van der Waals surface area contributed by atoms with Gasteiger partial charge in [0.05, 0.1) is 42.7 Å². The summed E-state index contributed by atoms with van der Waals surface area (Å²) in [6, 6.07) is 11.5. The smallest absolute Gasteiger partial charge is 0.338 e. The highest BCUT2D eigenvalue weighted by Crippen LogP contribution is 2.36. The topological polar surface area (TPSA) is 105 Å². The Morgan fingerprint density at radius 3 is 2.47 bits per heavy atom. The standard InChI is InChI=1S/C28H28N2O7S/c1-6-13-36-20-10-7-18(8-11-20)14-23-26(32)30-25(24(27(33)35-5)16(2)29-28(30)38-23)19-9-12-21(37-17(3)31)22(15-19)34-4/h7-12,14-15,25H,6,13H2,1-5H3. The van der Waals surface area contributed by atoms with Crippen molar-refractivity contribution in [1.29, 1.82) is 0 Å². The molecule has 2 aromatic carbocycles. The SMILES string of the molecule is CCCOc1ccc(C=c2sc3n(c2=O)C(c2ccc(OC(C)=O)c(OC)c2)C(C(=O)OC)=C(C)N=3)cc1. The Bertz CT molecular complexity index is 1580. The van der Waals surface area contributed by atoms with E-state index in [1.54, 1.807) is 31.2 Å². The lowest BCUT2D eigenvalue weighted by Gasteiger charge is -2.25. The third kappa shape index (κ3) is 5.40. The summed E-state index contributed by atoms with van der Waals surface area (Å²) in [6.45, 7) is 5.67. The van der Waals surface area contributed by atoms with E-state index in [0.29, 0.717) is 27.2 Å². The lowest BCUT2D eigenvalue weighted by molar-refractivity contribution is -0.136. The van der Waals surface area contributed by atoms with E-state index in [1.165, 1.54) is 37.0 Å². The van der Waals surface area contributed by atoms with Gasteiger partial charge in [-0.1, -0.05) is 36.5 Å². The van der Waals surface area contributed by atoms with Gasteiger partial charge in [-0.3, -0.25) is 14.2 Å². The van der Waals surface area contributed by atoms with Crippen LogP contribution in [0.2, 0.25) is 0 Å². The molecule has 0 N–H and O–H groups in total. The van der Waals surface area contributed by atoms with Gasteiger partial charge in [0.1, 0.15) is 5.75 Å². The van der Waals surface area contributed by atoms with Crippen LogP contribution in [-0.2, 0) is 14.3 Å². The van der Waals surface area contributed by atoms with E-state index in [9.17, 15) is 14.4 Å². The molecule has 9 nitrogen and oxygen atoms in total. The fourth-order valence-electron chi connectivity index (χ4n) is 4.13. The van der Waals surface area contributed by atoms with E-state index in [-0.39, 0.29) is 22.6 Å². The maximum Gasteiger partial charge on any atom is 0.338 e. The van der Waals surface area contributed by atoms with Gasteiger partial charge in [0.2, 0.25) is 0 Å². The maximum absolute atomic E-state index is 13.7. The number of allylic oxidation sites excluding steroid dienone is 1. The number of methoxy groups -OCH3 is 2. The number of hydrogen-bond acceptors (Lipinski definition) is 9. The summed E-state index contributed by atoms with van der Waals surface area (Å²) in [7, 11) is 2.72. The molecule has 4 rings (SSSR count). The summed E-state index contributed by atoms with van der Waals surface area (Å²) in [5, 5.41) is 0. The highest BCUT2D eigenvalue weighted by Gasteiger charge is 2.33. The second-order valence-corrected chi connectivity index (χ2v) is 9.50. The molecule has 198 valence electrons. The monoisotopic (exact) mass is 536 g/mol. The van der Waals surface area contributed by atoms with Gasteiger partial charge in [-0.05, 0) is 54.8 Å². The number of carbonyl (C=O) groups is 2. The van der Waals surface area contributed by atoms with Crippen molar-refractivity contribution in [2.75, 3.05) is 20.8 Å². The van der Waals surface area contributed by atoms with Gasteiger partial charge in [0, 0.05) is 6.92 Å². The lowest BCUT2D eigenvalue weighted by atomic mass is 9.95. The van der Waals surface area contributed by atoms with E-state index in [1.807, 2.05) is 31.2 Å². The van der Waals surface area contributed by atoms with Crippen molar-refractivity contribution in [2.24, 2.45) is 4.99 Å². The van der Waals surface area contributed by atoms with Gasteiger partial charge in [-0.2, -0.15) is 0 Å². The van der Waals surface area contributed by atoms with Gasteiger partial charge in [0.15, 0.2) is 16.3 Å². The van der Waals surface area contributed by atoms with E-state index in [2.05, 4.69) is 4.99 Å². The Morgan fingerprint density at radius 1 is 1.11 bits per heavy atom. The van der Waals surface area contributed by atoms with Gasteiger partial charge < -0.3 is 18.9 Å². The Labute approximate surface area is 223 Å². The molecule has 1 atom stereocenters. The third-order valence-corrected chi connectivity index (χ3v) is 6.82. The van der Waals surface area contributed by atoms with Gasteiger partial charge >= 0.3 is 11.9 Å². The maximum atomic E-state index is 13.7. The van der Waals surface area contributed by atoms with Crippen LogP contribution in [0.4, 0.5) is 0 Å². The molecule has 3 aromatic rings. The predicted octanol–water partition coefficient (Wildman–Crippen LogP) is 3.13.